The first-order valence-corrected chi connectivity index (χ1v) is 9.87. The molecule has 0 unspecified atom stereocenters. The molecule has 4 rings (SSSR count). The fourth-order valence-electron chi connectivity index (χ4n) is 2.96. The van der Waals surface area contributed by atoms with E-state index < -0.39 is 5.60 Å². The van der Waals surface area contributed by atoms with Crippen LogP contribution in [0.15, 0.2) is 53.1 Å². The van der Waals surface area contributed by atoms with E-state index in [1.165, 1.54) is 0 Å². The van der Waals surface area contributed by atoms with Crippen LogP contribution in [0, 0.1) is 0 Å². The minimum absolute atomic E-state index is 0.209. The van der Waals surface area contributed by atoms with E-state index >= 15 is 0 Å². The quantitative estimate of drug-likeness (QED) is 0.632. The lowest BCUT2D eigenvalue weighted by Crippen LogP contribution is -2.46. The number of rotatable bonds is 6. The molecule has 0 atom stereocenters. The summed E-state index contributed by atoms with van der Waals surface area (Å²) < 4.78 is 22.3. The summed E-state index contributed by atoms with van der Waals surface area (Å²) in [4.78, 5) is 12.6. The van der Waals surface area contributed by atoms with Crippen LogP contribution in [0.1, 0.15) is 19.5 Å². The van der Waals surface area contributed by atoms with Crippen molar-refractivity contribution in [2.45, 2.75) is 26.0 Å². The molecule has 7 nitrogen and oxygen atoms in total. The summed E-state index contributed by atoms with van der Waals surface area (Å²) in [5, 5.41) is 7.46. The zero-order valence-corrected chi connectivity index (χ0v) is 17.4. The maximum absolute atomic E-state index is 12.6. The van der Waals surface area contributed by atoms with E-state index in [2.05, 4.69) is 10.5 Å². The van der Waals surface area contributed by atoms with E-state index in [-0.39, 0.29) is 12.5 Å². The Balaban J connectivity index is 1.38. The Hall–Kier alpha value is -3.19. The molecule has 0 fully saturated rings. The Morgan fingerprint density at radius 3 is 2.60 bits per heavy atom. The van der Waals surface area contributed by atoms with Crippen molar-refractivity contribution < 1.29 is 23.5 Å². The average Bonchev–Trinajstić information content (AvgIpc) is 3.22. The van der Waals surface area contributed by atoms with Crippen molar-refractivity contribution in [3.8, 4) is 28.6 Å². The Kier molecular flexibility index (Phi) is 5.55. The van der Waals surface area contributed by atoms with Gasteiger partial charge in [0, 0.05) is 16.7 Å². The molecule has 2 aromatic carbocycles. The van der Waals surface area contributed by atoms with Gasteiger partial charge in [-0.15, -0.1) is 0 Å². The number of halogens is 1. The van der Waals surface area contributed by atoms with Gasteiger partial charge in [0.15, 0.2) is 22.9 Å². The van der Waals surface area contributed by atoms with Crippen molar-refractivity contribution in [2.24, 2.45) is 0 Å². The normalized spacial score (nSPS) is 13.0. The van der Waals surface area contributed by atoms with Gasteiger partial charge in [0.25, 0.3) is 5.91 Å². The number of fused-ring (bicyclic) bond motifs is 1. The summed E-state index contributed by atoms with van der Waals surface area (Å²) in [6.07, 6.45) is 0. The molecule has 1 aliphatic rings. The number of aromatic nitrogens is 1. The highest BCUT2D eigenvalue weighted by molar-refractivity contribution is 6.30. The predicted octanol–water partition coefficient (Wildman–Crippen LogP) is 4.24. The van der Waals surface area contributed by atoms with Gasteiger partial charge in [-0.3, -0.25) is 4.79 Å². The van der Waals surface area contributed by atoms with Gasteiger partial charge in [-0.2, -0.15) is 0 Å². The van der Waals surface area contributed by atoms with Gasteiger partial charge in [0.1, 0.15) is 24.7 Å². The molecule has 156 valence electrons. The van der Waals surface area contributed by atoms with E-state index in [9.17, 15) is 4.79 Å². The monoisotopic (exact) mass is 428 g/mol. The van der Waals surface area contributed by atoms with Crippen LogP contribution in [0.5, 0.6) is 17.2 Å². The van der Waals surface area contributed by atoms with Crippen LogP contribution in [0.2, 0.25) is 5.02 Å². The molecule has 1 amide bonds. The third kappa shape index (κ3) is 4.52. The first-order chi connectivity index (χ1) is 14.4. The third-order valence-corrected chi connectivity index (χ3v) is 4.80. The average molecular weight is 429 g/mol. The van der Waals surface area contributed by atoms with Crippen LogP contribution in [0.4, 0.5) is 0 Å². The van der Waals surface area contributed by atoms with Crippen LogP contribution in [-0.4, -0.2) is 29.9 Å². The molecule has 0 spiro atoms. The summed E-state index contributed by atoms with van der Waals surface area (Å²) in [5.41, 5.74) is 0.335. The minimum atomic E-state index is -1.07. The Bertz CT molecular complexity index is 1050. The highest BCUT2D eigenvalue weighted by Crippen LogP contribution is 2.34. The molecule has 2 heterocycles. The van der Waals surface area contributed by atoms with Crippen molar-refractivity contribution in [1.29, 1.82) is 0 Å². The minimum Gasteiger partial charge on any atom is -0.486 e. The molecule has 30 heavy (non-hydrogen) atoms. The lowest BCUT2D eigenvalue weighted by molar-refractivity contribution is -0.134. The molecule has 3 aromatic rings. The van der Waals surface area contributed by atoms with Crippen LogP contribution in [0.3, 0.4) is 0 Å². The van der Waals surface area contributed by atoms with Gasteiger partial charge < -0.3 is 24.1 Å². The van der Waals surface area contributed by atoms with E-state index in [1.807, 2.05) is 18.2 Å². The van der Waals surface area contributed by atoms with Gasteiger partial charge >= 0.3 is 0 Å². The van der Waals surface area contributed by atoms with Gasteiger partial charge in [-0.05, 0) is 56.3 Å². The van der Waals surface area contributed by atoms with E-state index in [0.29, 0.717) is 46.9 Å². The van der Waals surface area contributed by atoms with E-state index in [0.717, 1.165) is 5.56 Å². The molecule has 1 aromatic heterocycles. The molecule has 0 saturated heterocycles. The highest BCUT2D eigenvalue weighted by atomic mass is 35.5. The number of ether oxygens (including phenoxy) is 3. The number of amides is 1. The molecule has 0 bridgehead atoms. The Morgan fingerprint density at radius 1 is 1.10 bits per heavy atom. The predicted molar refractivity (Wildman–Crippen MR) is 111 cm³/mol. The molecule has 1 N–H and O–H groups in total. The smallest absolute Gasteiger partial charge is 0.263 e. The second kappa shape index (κ2) is 8.28. The largest absolute Gasteiger partial charge is 0.486 e. The van der Waals surface area contributed by atoms with Crippen molar-refractivity contribution >= 4 is 17.5 Å². The van der Waals surface area contributed by atoms with Gasteiger partial charge in [-0.25, -0.2) is 0 Å². The van der Waals surface area contributed by atoms with Crippen molar-refractivity contribution in [2.75, 3.05) is 13.2 Å². The van der Waals surface area contributed by atoms with E-state index in [4.69, 9.17) is 30.3 Å². The number of hydrogen-bond acceptors (Lipinski definition) is 6. The summed E-state index contributed by atoms with van der Waals surface area (Å²) in [6.45, 7) is 4.65. The lowest BCUT2D eigenvalue weighted by atomic mass is 10.1. The zero-order valence-electron chi connectivity index (χ0n) is 16.6. The maximum Gasteiger partial charge on any atom is 0.263 e. The number of nitrogens with zero attached hydrogens (tertiary/aromatic N) is 1. The maximum atomic E-state index is 12.6. The summed E-state index contributed by atoms with van der Waals surface area (Å²) in [6, 6.07) is 14.2. The summed E-state index contributed by atoms with van der Waals surface area (Å²) in [7, 11) is 0. The first-order valence-electron chi connectivity index (χ1n) is 9.49. The number of nitrogens with one attached hydrogen (secondary N) is 1. The zero-order chi connectivity index (χ0) is 21.1. The van der Waals surface area contributed by atoms with Crippen molar-refractivity contribution in [1.82, 2.24) is 10.5 Å². The van der Waals surface area contributed by atoms with Gasteiger partial charge in [0.05, 0.1) is 6.54 Å². The van der Waals surface area contributed by atoms with Crippen LogP contribution < -0.4 is 19.5 Å². The molecular formula is C22H21ClN2O5. The van der Waals surface area contributed by atoms with Gasteiger partial charge in [-0.1, -0.05) is 16.8 Å². The molecule has 8 heteroatoms. The molecule has 0 aliphatic carbocycles. The lowest BCUT2D eigenvalue weighted by Gasteiger charge is -2.25. The van der Waals surface area contributed by atoms with E-state index in [1.54, 1.807) is 44.2 Å². The van der Waals surface area contributed by atoms with Gasteiger partial charge in [0.2, 0.25) is 0 Å². The first kappa shape index (κ1) is 20.1. The number of carbonyl (C=O) groups excluding carboxylic acids is 1. The van der Waals surface area contributed by atoms with Crippen LogP contribution in [0.25, 0.3) is 11.3 Å². The van der Waals surface area contributed by atoms with Crippen LogP contribution >= 0.6 is 11.6 Å². The fourth-order valence-corrected chi connectivity index (χ4v) is 3.08. The number of hydrogen-bond donors (Lipinski definition) is 1. The standard InChI is InChI=1S/C22H21ClN2O5/c1-22(2,29-17-6-4-15(23)5-7-17)21(26)24-13-16-12-19(30-25-16)14-3-8-18-20(11-14)28-10-9-27-18/h3-8,11-12H,9-10,13H2,1-2H3,(H,24,26). The number of benzene rings is 2. The molecule has 0 saturated carbocycles. The Labute approximate surface area is 178 Å². The third-order valence-electron chi connectivity index (χ3n) is 4.55. The summed E-state index contributed by atoms with van der Waals surface area (Å²) >= 11 is 5.88. The van der Waals surface area contributed by atoms with Crippen LogP contribution in [-0.2, 0) is 11.3 Å². The SMILES string of the molecule is CC(C)(Oc1ccc(Cl)cc1)C(=O)NCc1cc(-c2ccc3c(c2)OCCO3)on1. The number of carbonyl (C=O) groups is 1. The molecule has 1 aliphatic heterocycles. The highest BCUT2D eigenvalue weighted by Gasteiger charge is 2.30. The fraction of sp³-hybridized carbons (Fsp3) is 0.273. The molecule has 0 radical (unpaired) electrons. The molecular weight excluding hydrogens is 408 g/mol. The van der Waals surface area contributed by atoms with Crippen molar-refractivity contribution in [3.05, 3.63) is 59.2 Å². The Morgan fingerprint density at radius 2 is 1.83 bits per heavy atom. The second-order valence-corrected chi connectivity index (χ2v) is 7.73. The topological polar surface area (TPSA) is 82.8 Å². The summed E-state index contributed by atoms with van der Waals surface area (Å²) in [5.74, 6) is 2.24. The van der Waals surface area contributed by atoms with Crippen molar-refractivity contribution in [3.63, 3.8) is 0 Å². The second-order valence-electron chi connectivity index (χ2n) is 7.29.